The van der Waals surface area contributed by atoms with Crippen molar-refractivity contribution in [1.29, 1.82) is 0 Å². The van der Waals surface area contributed by atoms with Gasteiger partial charge in [-0.3, -0.25) is 13.9 Å². The van der Waals surface area contributed by atoms with Gasteiger partial charge in [0.2, 0.25) is 21.8 Å². The highest BCUT2D eigenvalue weighted by molar-refractivity contribution is 7.92. The number of sulfonamides is 1. The van der Waals surface area contributed by atoms with Crippen molar-refractivity contribution in [3.05, 3.63) is 58.1 Å². The molecule has 3 rings (SSSR count). The molecular formula is C26H33Cl2N3O5S. The molecule has 8 nitrogen and oxygen atoms in total. The molecule has 0 radical (unpaired) electrons. The average molecular weight is 571 g/mol. The second-order valence-corrected chi connectivity index (χ2v) is 11.9. The van der Waals surface area contributed by atoms with Gasteiger partial charge >= 0.3 is 0 Å². The summed E-state index contributed by atoms with van der Waals surface area (Å²) < 4.78 is 31.6. The molecule has 1 fully saturated rings. The number of anilines is 1. The fraction of sp³-hybridized carbons (Fsp3) is 0.462. The van der Waals surface area contributed by atoms with Crippen LogP contribution in [0.3, 0.4) is 0 Å². The van der Waals surface area contributed by atoms with E-state index in [0.29, 0.717) is 33.5 Å². The molecule has 0 heterocycles. The number of nitrogens with one attached hydrogen (secondary N) is 1. The SMILES string of the molecule is CC[C@H](C(=O)NC1CCCC1)N(Cc1ccc(Cl)cc1Cl)C(=O)CN(c1ccc(OC)cc1)S(C)(=O)=O. The van der Waals surface area contributed by atoms with Gasteiger partial charge in [0, 0.05) is 22.6 Å². The molecule has 0 unspecified atom stereocenters. The Morgan fingerprint density at radius 1 is 1.11 bits per heavy atom. The maximum Gasteiger partial charge on any atom is 0.244 e. The number of ether oxygens (including phenoxy) is 1. The van der Waals surface area contributed by atoms with E-state index in [0.717, 1.165) is 36.2 Å². The zero-order valence-corrected chi connectivity index (χ0v) is 23.6. The fourth-order valence-corrected chi connectivity index (χ4v) is 5.80. The smallest absolute Gasteiger partial charge is 0.244 e. The highest BCUT2D eigenvalue weighted by Crippen LogP contribution is 2.26. The number of hydrogen-bond donors (Lipinski definition) is 1. The number of amides is 2. The van der Waals surface area contributed by atoms with Crippen LogP contribution in [0.25, 0.3) is 0 Å². The lowest BCUT2D eigenvalue weighted by Crippen LogP contribution is -2.53. The van der Waals surface area contributed by atoms with Gasteiger partial charge < -0.3 is 15.0 Å². The number of carbonyl (C=O) groups is 2. The lowest BCUT2D eigenvalue weighted by Gasteiger charge is -2.33. The first-order chi connectivity index (χ1) is 17.5. The Hall–Kier alpha value is -2.49. The second kappa shape index (κ2) is 12.8. The minimum absolute atomic E-state index is 0.0195. The summed E-state index contributed by atoms with van der Waals surface area (Å²) in [6, 6.07) is 10.6. The lowest BCUT2D eigenvalue weighted by atomic mass is 10.1. The molecule has 1 atom stereocenters. The second-order valence-electron chi connectivity index (χ2n) is 9.14. The van der Waals surface area contributed by atoms with Gasteiger partial charge in [-0.2, -0.15) is 0 Å². The van der Waals surface area contributed by atoms with Gasteiger partial charge in [0.1, 0.15) is 18.3 Å². The van der Waals surface area contributed by atoms with Crippen LogP contribution in [0.2, 0.25) is 10.0 Å². The molecule has 0 bridgehead atoms. The summed E-state index contributed by atoms with van der Waals surface area (Å²) in [4.78, 5) is 28.5. The average Bonchev–Trinajstić information content (AvgIpc) is 3.36. The Bertz CT molecular complexity index is 1200. The molecule has 1 aliphatic rings. The number of rotatable bonds is 11. The molecule has 0 aromatic heterocycles. The van der Waals surface area contributed by atoms with Crippen LogP contribution < -0.4 is 14.4 Å². The summed E-state index contributed by atoms with van der Waals surface area (Å²) in [5.41, 5.74) is 0.909. The molecule has 2 aromatic carbocycles. The van der Waals surface area contributed by atoms with Gasteiger partial charge in [0.05, 0.1) is 19.1 Å². The minimum atomic E-state index is -3.82. The summed E-state index contributed by atoms with van der Waals surface area (Å²) in [5, 5.41) is 3.87. The van der Waals surface area contributed by atoms with Crippen molar-refractivity contribution in [2.45, 2.75) is 57.7 Å². The predicted octanol–water partition coefficient (Wildman–Crippen LogP) is 4.63. The summed E-state index contributed by atoms with van der Waals surface area (Å²) >= 11 is 12.5. The van der Waals surface area contributed by atoms with Crippen molar-refractivity contribution < 1.29 is 22.7 Å². The van der Waals surface area contributed by atoms with Crippen molar-refractivity contribution in [2.75, 3.05) is 24.2 Å². The van der Waals surface area contributed by atoms with Crippen LogP contribution in [-0.4, -0.2) is 57.1 Å². The normalized spacial score (nSPS) is 14.7. The van der Waals surface area contributed by atoms with Gasteiger partial charge in [-0.1, -0.05) is 49.0 Å². The van der Waals surface area contributed by atoms with Crippen LogP contribution in [0, 0.1) is 0 Å². The minimum Gasteiger partial charge on any atom is -0.497 e. The maximum atomic E-state index is 13.8. The monoisotopic (exact) mass is 569 g/mol. The zero-order chi connectivity index (χ0) is 27.2. The zero-order valence-electron chi connectivity index (χ0n) is 21.2. The number of carbonyl (C=O) groups excluding carboxylic acids is 2. The molecular weight excluding hydrogens is 537 g/mol. The van der Waals surface area contributed by atoms with Gasteiger partial charge in [-0.25, -0.2) is 8.42 Å². The van der Waals surface area contributed by atoms with E-state index in [-0.39, 0.29) is 18.5 Å². The van der Waals surface area contributed by atoms with Crippen molar-refractivity contribution in [3.63, 3.8) is 0 Å². The number of halogens is 2. The highest BCUT2D eigenvalue weighted by Gasteiger charge is 2.33. The summed E-state index contributed by atoms with van der Waals surface area (Å²) in [6.07, 6.45) is 5.29. The predicted molar refractivity (Wildman–Crippen MR) is 147 cm³/mol. The van der Waals surface area contributed by atoms with Crippen molar-refractivity contribution in [1.82, 2.24) is 10.2 Å². The van der Waals surface area contributed by atoms with E-state index in [1.54, 1.807) is 42.5 Å². The van der Waals surface area contributed by atoms with Gasteiger partial charge in [0.25, 0.3) is 0 Å². The Morgan fingerprint density at radius 2 is 1.76 bits per heavy atom. The molecule has 11 heteroatoms. The molecule has 0 saturated heterocycles. The third-order valence-electron chi connectivity index (χ3n) is 6.48. The lowest BCUT2D eigenvalue weighted by molar-refractivity contribution is -0.140. The van der Waals surface area contributed by atoms with E-state index in [9.17, 15) is 18.0 Å². The third kappa shape index (κ3) is 7.75. The van der Waals surface area contributed by atoms with Crippen molar-refractivity contribution in [3.8, 4) is 5.75 Å². The van der Waals surface area contributed by atoms with Crippen LogP contribution in [0.4, 0.5) is 5.69 Å². The van der Waals surface area contributed by atoms with Crippen LogP contribution in [0.15, 0.2) is 42.5 Å². The van der Waals surface area contributed by atoms with E-state index in [1.807, 2.05) is 6.92 Å². The summed E-state index contributed by atoms with van der Waals surface area (Å²) in [7, 11) is -2.32. The molecule has 202 valence electrons. The van der Waals surface area contributed by atoms with Crippen molar-refractivity contribution >= 4 is 50.7 Å². The Balaban J connectivity index is 1.94. The van der Waals surface area contributed by atoms with Crippen LogP contribution in [0.1, 0.15) is 44.6 Å². The summed E-state index contributed by atoms with van der Waals surface area (Å²) in [6.45, 7) is 1.36. The third-order valence-corrected chi connectivity index (χ3v) is 8.21. The van der Waals surface area contributed by atoms with Crippen LogP contribution >= 0.6 is 23.2 Å². The Labute approximate surface area is 228 Å². The number of hydrogen-bond acceptors (Lipinski definition) is 5. The van der Waals surface area contributed by atoms with Crippen molar-refractivity contribution in [2.24, 2.45) is 0 Å². The number of nitrogens with zero attached hydrogens (tertiary/aromatic N) is 2. The number of methoxy groups -OCH3 is 1. The van der Waals surface area contributed by atoms with E-state index < -0.39 is 28.5 Å². The molecule has 1 aliphatic carbocycles. The van der Waals surface area contributed by atoms with Crippen LogP contribution in [0.5, 0.6) is 5.75 Å². The van der Waals surface area contributed by atoms with E-state index in [4.69, 9.17) is 27.9 Å². The molecule has 37 heavy (non-hydrogen) atoms. The van der Waals surface area contributed by atoms with E-state index >= 15 is 0 Å². The van der Waals surface area contributed by atoms with Gasteiger partial charge in [-0.15, -0.1) is 0 Å². The summed E-state index contributed by atoms with van der Waals surface area (Å²) in [5.74, 6) is -0.235. The van der Waals surface area contributed by atoms with E-state index in [2.05, 4.69) is 5.32 Å². The van der Waals surface area contributed by atoms with E-state index in [1.165, 1.54) is 12.0 Å². The quantitative estimate of drug-likeness (QED) is 0.425. The molecule has 1 saturated carbocycles. The van der Waals surface area contributed by atoms with Gasteiger partial charge in [0.15, 0.2) is 0 Å². The standard InChI is InChI=1S/C26H33Cl2N3O5S/c1-4-24(26(33)29-20-7-5-6-8-20)30(16-18-9-10-19(27)15-23(18)28)25(32)17-31(37(3,34)35)21-11-13-22(36-2)14-12-21/h9-15,20,24H,4-8,16-17H2,1-3H3,(H,29,33)/t24-/m1/s1. The molecule has 0 spiro atoms. The first kappa shape index (κ1) is 29.1. The largest absolute Gasteiger partial charge is 0.497 e. The molecule has 1 N–H and O–H groups in total. The van der Waals surface area contributed by atoms with Gasteiger partial charge in [-0.05, 0) is 61.2 Å². The Kier molecular flexibility index (Phi) is 10.1. The molecule has 2 aromatic rings. The highest BCUT2D eigenvalue weighted by atomic mass is 35.5. The molecule has 2 amide bonds. The first-order valence-electron chi connectivity index (χ1n) is 12.2. The van der Waals surface area contributed by atoms with Crippen LogP contribution in [-0.2, 0) is 26.2 Å². The fourth-order valence-electron chi connectivity index (χ4n) is 4.48. The number of benzene rings is 2. The Morgan fingerprint density at radius 3 is 2.30 bits per heavy atom. The topological polar surface area (TPSA) is 96.0 Å². The first-order valence-corrected chi connectivity index (χ1v) is 14.8. The maximum absolute atomic E-state index is 13.8. The molecule has 0 aliphatic heterocycles.